The van der Waals surface area contributed by atoms with Crippen LogP contribution in [0.25, 0.3) is 0 Å². The first-order valence-corrected chi connectivity index (χ1v) is 7.22. The molecule has 10 heteroatoms. The molecule has 0 amide bonds. The van der Waals surface area contributed by atoms with Crippen molar-refractivity contribution in [1.82, 2.24) is 9.97 Å². The van der Waals surface area contributed by atoms with Crippen LogP contribution < -0.4 is 4.72 Å². The molecule has 0 radical (unpaired) electrons. The van der Waals surface area contributed by atoms with Crippen molar-refractivity contribution in [1.29, 1.82) is 0 Å². The average molecular weight is 330 g/mol. The third kappa shape index (κ3) is 3.38. The summed E-state index contributed by atoms with van der Waals surface area (Å²) in [6.45, 7) is 0. The number of aromatic nitrogens is 2. The van der Waals surface area contributed by atoms with Gasteiger partial charge >= 0.3 is 5.97 Å². The van der Waals surface area contributed by atoms with Crippen LogP contribution in [-0.4, -0.2) is 34.6 Å². The first kappa shape index (κ1) is 15.0. The van der Waals surface area contributed by atoms with Crippen LogP contribution in [0.3, 0.4) is 0 Å². The second-order valence-electron chi connectivity index (χ2n) is 3.82. The molecule has 0 atom stereocenters. The second kappa shape index (κ2) is 5.54. The van der Waals surface area contributed by atoms with E-state index in [-0.39, 0.29) is 15.9 Å². The molecule has 0 aliphatic rings. The Morgan fingerprint density at radius 1 is 1.24 bits per heavy atom. The minimum atomic E-state index is -4.08. The lowest BCUT2D eigenvalue weighted by Gasteiger charge is -2.08. The minimum Gasteiger partial charge on any atom is -0.507 e. The van der Waals surface area contributed by atoms with E-state index in [1.807, 2.05) is 0 Å². The Bertz CT molecular complexity index is 809. The standard InChI is InChI=1S/C11H8ClN3O5S/c12-9-4-10(14-5-13-9)15-21(19,20)6-1-2-8(16)7(3-6)11(17)18/h1-5,16H,(H,17,18)(H,13,14,15). The number of aromatic carboxylic acids is 1. The molecule has 110 valence electrons. The summed E-state index contributed by atoms with van der Waals surface area (Å²) in [6.07, 6.45) is 1.07. The van der Waals surface area contributed by atoms with Crippen molar-refractivity contribution in [3.8, 4) is 5.75 Å². The molecular formula is C11H8ClN3O5S. The van der Waals surface area contributed by atoms with E-state index in [1.165, 1.54) is 6.07 Å². The number of nitrogens with one attached hydrogen (secondary N) is 1. The van der Waals surface area contributed by atoms with E-state index in [4.69, 9.17) is 16.7 Å². The van der Waals surface area contributed by atoms with Crippen molar-refractivity contribution in [3.63, 3.8) is 0 Å². The van der Waals surface area contributed by atoms with Gasteiger partial charge in [-0.25, -0.2) is 23.2 Å². The summed E-state index contributed by atoms with van der Waals surface area (Å²) in [5.74, 6) is -2.05. The molecule has 3 N–H and O–H groups in total. The molecule has 0 aliphatic heterocycles. The van der Waals surface area contributed by atoms with E-state index in [0.29, 0.717) is 0 Å². The molecule has 2 aromatic rings. The molecule has 0 spiro atoms. The summed E-state index contributed by atoms with van der Waals surface area (Å²) in [5, 5.41) is 18.3. The Morgan fingerprint density at radius 3 is 2.57 bits per heavy atom. The number of nitrogens with zero attached hydrogens (tertiary/aromatic N) is 2. The number of halogens is 1. The maximum Gasteiger partial charge on any atom is 0.339 e. The van der Waals surface area contributed by atoms with E-state index in [2.05, 4.69) is 14.7 Å². The van der Waals surface area contributed by atoms with Crippen molar-refractivity contribution < 1.29 is 23.4 Å². The summed E-state index contributed by atoms with van der Waals surface area (Å²) in [5.41, 5.74) is -0.529. The monoisotopic (exact) mass is 329 g/mol. The van der Waals surface area contributed by atoms with E-state index in [0.717, 1.165) is 24.5 Å². The van der Waals surface area contributed by atoms with Gasteiger partial charge in [-0.15, -0.1) is 0 Å². The van der Waals surface area contributed by atoms with Gasteiger partial charge in [0.05, 0.1) is 4.90 Å². The fourth-order valence-corrected chi connectivity index (χ4v) is 2.61. The number of sulfonamides is 1. The fourth-order valence-electron chi connectivity index (χ4n) is 1.44. The summed E-state index contributed by atoms with van der Waals surface area (Å²) in [7, 11) is -4.08. The van der Waals surface area contributed by atoms with Gasteiger partial charge < -0.3 is 10.2 Å². The molecule has 21 heavy (non-hydrogen) atoms. The van der Waals surface area contributed by atoms with Gasteiger partial charge in [0, 0.05) is 6.07 Å². The molecule has 1 heterocycles. The summed E-state index contributed by atoms with van der Waals surface area (Å²) >= 11 is 5.61. The SMILES string of the molecule is O=C(O)c1cc(S(=O)(=O)Nc2cc(Cl)ncn2)ccc1O. The Kier molecular flexibility index (Phi) is 3.96. The third-order valence-corrected chi connectivity index (χ3v) is 3.94. The molecule has 0 fully saturated rings. The highest BCUT2D eigenvalue weighted by Gasteiger charge is 2.19. The van der Waals surface area contributed by atoms with Crippen LogP contribution in [0.2, 0.25) is 5.15 Å². The van der Waals surface area contributed by atoms with Crippen LogP contribution >= 0.6 is 11.6 Å². The number of carboxylic acid groups (broad SMARTS) is 1. The lowest BCUT2D eigenvalue weighted by molar-refractivity contribution is 0.0693. The summed E-state index contributed by atoms with van der Waals surface area (Å²) in [6, 6.07) is 4.07. The number of hydrogen-bond donors (Lipinski definition) is 3. The molecule has 0 unspecified atom stereocenters. The maximum absolute atomic E-state index is 12.1. The maximum atomic E-state index is 12.1. The van der Waals surface area contributed by atoms with Crippen LogP contribution in [0, 0.1) is 0 Å². The number of carbonyl (C=O) groups is 1. The number of phenols is 1. The Morgan fingerprint density at radius 2 is 1.95 bits per heavy atom. The van der Waals surface area contributed by atoms with E-state index < -0.39 is 27.3 Å². The molecule has 0 saturated heterocycles. The zero-order chi connectivity index (χ0) is 15.6. The quantitative estimate of drug-likeness (QED) is 0.721. The van der Waals surface area contributed by atoms with Crippen molar-refractivity contribution in [2.45, 2.75) is 4.90 Å². The molecule has 8 nitrogen and oxygen atoms in total. The van der Waals surface area contributed by atoms with E-state index in [1.54, 1.807) is 0 Å². The van der Waals surface area contributed by atoms with Gasteiger partial charge in [-0.2, -0.15) is 0 Å². The van der Waals surface area contributed by atoms with Crippen molar-refractivity contribution in [2.24, 2.45) is 0 Å². The second-order valence-corrected chi connectivity index (χ2v) is 5.89. The Labute approximate surface area is 124 Å². The number of carboxylic acids is 1. The smallest absolute Gasteiger partial charge is 0.339 e. The largest absolute Gasteiger partial charge is 0.507 e. The molecular weight excluding hydrogens is 322 g/mol. The first-order valence-electron chi connectivity index (χ1n) is 5.36. The van der Waals surface area contributed by atoms with Gasteiger partial charge in [0.15, 0.2) is 0 Å². The summed E-state index contributed by atoms with van der Waals surface area (Å²) in [4.78, 5) is 17.8. The molecule has 1 aromatic carbocycles. The Hall–Kier alpha value is -2.39. The molecule has 0 aliphatic carbocycles. The van der Waals surface area contributed by atoms with Gasteiger partial charge in [0.1, 0.15) is 28.6 Å². The van der Waals surface area contributed by atoms with Gasteiger partial charge in [0.25, 0.3) is 10.0 Å². The zero-order valence-corrected chi connectivity index (χ0v) is 11.8. The molecule has 2 rings (SSSR count). The van der Waals surface area contributed by atoms with E-state index >= 15 is 0 Å². The zero-order valence-electron chi connectivity index (χ0n) is 10.2. The Balaban J connectivity index is 2.40. The number of rotatable bonds is 4. The molecule has 1 aromatic heterocycles. The van der Waals surface area contributed by atoms with Crippen LogP contribution in [0.1, 0.15) is 10.4 Å². The number of hydrogen-bond acceptors (Lipinski definition) is 6. The van der Waals surface area contributed by atoms with Gasteiger partial charge in [-0.1, -0.05) is 11.6 Å². The molecule has 0 bridgehead atoms. The normalized spacial score (nSPS) is 11.1. The minimum absolute atomic E-state index is 0.0413. The number of anilines is 1. The highest BCUT2D eigenvalue weighted by atomic mass is 35.5. The number of aromatic hydroxyl groups is 1. The third-order valence-electron chi connectivity index (χ3n) is 2.38. The topological polar surface area (TPSA) is 129 Å². The lowest BCUT2D eigenvalue weighted by atomic mass is 10.2. The van der Waals surface area contributed by atoms with Crippen LogP contribution in [0.4, 0.5) is 5.82 Å². The highest BCUT2D eigenvalue weighted by molar-refractivity contribution is 7.92. The van der Waals surface area contributed by atoms with Crippen molar-refractivity contribution >= 4 is 33.4 Å². The van der Waals surface area contributed by atoms with Gasteiger partial charge in [-0.05, 0) is 18.2 Å². The predicted octanol–water partition coefficient (Wildman–Crippen LogP) is 1.33. The highest BCUT2D eigenvalue weighted by Crippen LogP contribution is 2.23. The van der Waals surface area contributed by atoms with Crippen molar-refractivity contribution in [2.75, 3.05) is 4.72 Å². The number of benzene rings is 1. The first-order chi connectivity index (χ1) is 9.79. The lowest BCUT2D eigenvalue weighted by Crippen LogP contribution is -2.14. The van der Waals surface area contributed by atoms with Crippen LogP contribution in [-0.2, 0) is 10.0 Å². The van der Waals surface area contributed by atoms with Gasteiger partial charge in [0.2, 0.25) is 0 Å². The fraction of sp³-hybridized carbons (Fsp3) is 0. The van der Waals surface area contributed by atoms with Crippen LogP contribution in [0.5, 0.6) is 5.75 Å². The molecule has 0 saturated carbocycles. The van der Waals surface area contributed by atoms with Crippen molar-refractivity contribution in [3.05, 3.63) is 41.3 Å². The summed E-state index contributed by atoms with van der Waals surface area (Å²) < 4.78 is 26.3. The van der Waals surface area contributed by atoms with Gasteiger partial charge in [-0.3, -0.25) is 4.72 Å². The average Bonchev–Trinajstić information content (AvgIpc) is 2.38. The van der Waals surface area contributed by atoms with Crippen LogP contribution in [0.15, 0.2) is 35.5 Å². The predicted molar refractivity (Wildman–Crippen MR) is 72.9 cm³/mol. The van der Waals surface area contributed by atoms with E-state index in [9.17, 15) is 18.3 Å².